The van der Waals surface area contributed by atoms with E-state index in [-0.39, 0.29) is 30.1 Å². The van der Waals surface area contributed by atoms with E-state index in [1.54, 1.807) is 0 Å². The van der Waals surface area contributed by atoms with Gasteiger partial charge < -0.3 is 20.5 Å². The number of halogens is 1. The number of benzene rings is 1. The molecular weight excluding hydrogens is 417 g/mol. The molecule has 1 saturated carbocycles. The van der Waals surface area contributed by atoms with Gasteiger partial charge in [0.2, 0.25) is 0 Å². The highest BCUT2D eigenvalue weighted by atomic mass is 127. The number of aryl methyl sites for hydroxylation is 1. The molecule has 1 aromatic carbocycles. The van der Waals surface area contributed by atoms with Gasteiger partial charge in [-0.3, -0.25) is 0 Å². The van der Waals surface area contributed by atoms with Crippen molar-refractivity contribution in [3.05, 3.63) is 29.8 Å². The first-order valence-corrected chi connectivity index (χ1v) is 8.59. The predicted octanol–water partition coefficient (Wildman–Crippen LogP) is 2.85. The van der Waals surface area contributed by atoms with Gasteiger partial charge in [-0.05, 0) is 57.2 Å². The summed E-state index contributed by atoms with van der Waals surface area (Å²) in [4.78, 5) is 4.57. The van der Waals surface area contributed by atoms with Crippen molar-refractivity contribution in [2.75, 3.05) is 19.7 Å². The number of nitrogens with one attached hydrogen (secondary N) is 2. The minimum Gasteiger partial charge on any atom is -0.492 e. The third-order valence-corrected chi connectivity index (χ3v) is 4.00. The fourth-order valence-corrected chi connectivity index (χ4v) is 2.76. The fourth-order valence-electron chi connectivity index (χ4n) is 2.76. The van der Waals surface area contributed by atoms with Crippen LogP contribution in [0.15, 0.2) is 29.3 Å². The van der Waals surface area contributed by atoms with E-state index in [0.717, 1.165) is 43.9 Å². The van der Waals surface area contributed by atoms with Crippen molar-refractivity contribution in [2.24, 2.45) is 4.99 Å². The summed E-state index contributed by atoms with van der Waals surface area (Å²) in [5, 5.41) is 16.3. The molecule has 0 aliphatic heterocycles. The highest BCUT2D eigenvalue weighted by molar-refractivity contribution is 14.0. The van der Waals surface area contributed by atoms with Crippen LogP contribution in [0.4, 0.5) is 0 Å². The Kier molecular flexibility index (Phi) is 10.1. The average molecular weight is 447 g/mol. The highest BCUT2D eigenvalue weighted by Crippen LogP contribution is 2.18. The lowest BCUT2D eigenvalue weighted by Crippen LogP contribution is -2.45. The van der Waals surface area contributed by atoms with Gasteiger partial charge in [-0.25, -0.2) is 4.99 Å². The smallest absolute Gasteiger partial charge is 0.191 e. The molecule has 0 radical (unpaired) electrons. The second-order valence-electron chi connectivity index (χ2n) is 6.08. The van der Waals surface area contributed by atoms with Crippen molar-refractivity contribution in [1.29, 1.82) is 0 Å². The highest BCUT2D eigenvalue weighted by Gasteiger charge is 2.19. The van der Waals surface area contributed by atoms with Crippen LogP contribution in [0.2, 0.25) is 0 Å². The molecule has 24 heavy (non-hydrogen) atoms. The van der Waals surface area contributed by atoms with E-state index < -0.39 is 0 Å². The maximum absolute atomic E-state index is 9.58. The van der Waals surface area contributed by atoms with Crippen LogP contribution in [0, 0.1) is 6.92 Å². The van der Waals surface area contributed by atoms with Crippen LogP contribution in [-0.2, 0) is 0 Å². The zero-order valence-electron chi connectivity index (χ0n) is 14.6. The molecule has 0 aromatic heterocycles. The third kappa shape index (κ3) is 7.70. The minimum absolute atomic E-state index is 0. The largest absolute Gasteiger partial charge is 0.492 e. The van der Waals surface area contributed by atoms with Gasteiger partial charge in [-0.1, -0.05) is 12.1 Å². The number of rotatable bonds is 6. The molecule has 5 nitrogen and oxygen atoms in total. The molecule has 0 saturated heterocycles. The Hall–Kier alpha value is -1.02. The number of hydrogen-bond donors (Lipinski definition) is 3. The molecule has 0 amide bonds. The Balaban J connectivity index is 0.00000288. The molecule has 0 unspecified atom stereocenters. The number of aliphatic imine (C=N–C) groups is 1. The molecule has 3 N–H and O–H groups in total. The second kappa shape index (κ2) is 11.5. The Morgan fingerprint density at radius 2 is 2.04 bits per heavy atom. The quantitative estimate of drug-likeness (QED) is 0.272. The normalized spacial score (nSPS) is 20.9. The summed E-state index contributed by atoms with van der Waals surface area (Å²) in [6, 6.07) is 8.44. The monoisotopic (exact) mass is 447 g/mol. The summed E-state index contributed by atoms with van der Waals surface area (Å²) in [5.41, 5.74) is 1.19. The number of aliphatic hydroxyl groups is 1. The first-order valence-electron chi connectivity index (χ1n) is 8.59. The van der Waals surface area contributed by atoms with Crippen LogP contribution in [0.5, 0.6) is 5.75 Å². The SMILES string of the molecule is CCNC(=NCCOc1cccc(C)c1)NC1CCC(O)CC1.I. The summed E-state index contributed by atoms with van der Waals surface area (Å²) in [6.07, 6.45) is 3.59. The van der Waals surface area contributed by atoms with Gasteiger partial charge >= 0.3 is 0 Å². The Morgan fingerprint density at radius 3 is 2.71 bits per heavy atom. The first-order chi connectivity index (χ1) is 11.2. The topological polar surface area (TPSA) is 65.9 Å². The van der Waals surface area contributed by atoms with E-state index >= 15 is 0 Å². The average Bonchev–Trinajstić information content (AvgIpc) is 2.54. The van der Waals surface area contributed by atoms with Crippen molar-refractivity contribution in [2.45, 2.75) is 51.7 Å². The summed E-state index contributed by atoms with van der Waals surface area (Å²) in [5.74, 6) is 1.72. The van der Waals surface area contributed by atoms with Crippen molar-refractivity contribution in [3.8, 4) is 5.75 Å². The lowest BCUT2D eigenvalue weighted by atomic mass is 9.93. The molecule has 2 rings (SSSR count). The van der Waals surface area contributed by atoms with Crippen LogP contribution in [0.1, 0.15) is 38.2 Å². The first kappa shape index (κ1) is 21.0. The third-order valence-electron chi connectivity index (χ3n) is 4.00. The summed E-state index contributed by atoms with van der Waals surface area (Å²) in [6.45, 7) is 6.12. The molecule has 6 heteroatoms. The van der Waals surface area contributed by atoms with E-state index in [0.29, 0.717) is 19.2 Å². The zero-order chi connectivity index (χ0) is 16.5. The molecule has 1 fully saturated rings. The number of hydrogen-bond acceptors (Lipinski definition) is 3. The molecule has 0 spiro atoms. The number of guanidine groups is 1. The van der Waals surface area contributed by atoms with Crippen molar-refractivity contribution in [3.63, 3.8) is 0 Å². The lowest BCUT2D eigenvalue weighted by molar-refractivity contribution is 0.120. The van der Waals surface area contributed by atoms with Gasteiger partial charge in [-0.15, -0.1) is 24.0 Å². The van der Waals surface area contributed by atoms with Crippen LogP contribution in [0.25, 0.3) is 0 Å². The second-order valence-corrected chi connectivity index (χ2v) is 6.08. The Morgan fingerprint density at radius 1 is 1.29 bits per heavy atom. The number of aliphatic hydroxyl groups excluding tert-OH is 1. The van der Waals surface area contributed by atoms with Gasteiger partial charge in [0.15, 0.2) is 5.96 Å². The van der Waals surface area contributed by atoms with E-state index in [1.165, 1.54) is 5.56 Å². The molecule has 136 valence electrons. The van der Waals surface area contributed by atoms with Crippen LogP contribution < -0.4 is 15.4 Å². The Bertz CT molecular complexity index is 503. The maximum Gasteiger partial charge on any atom is 0.191 e. The molecule has 0 bridgehead atoms. The molecular formula is C18H30IN3O2. The minimum atomic E-state index is -0.129. The van der Waals surface area contributed by atoms with E-state index in [4.69, 9.17) is 4.74 Å². The summed E-state index contributed by atoms with van der Waals surface area (Å²) >= 11 is 0. The molecule has 1 aliphatic carbocycles. The fraction of sp³-hybridized carbons (Fsp3) is 0.611. The molecule has 0 atom stereocenters. The van der Waals surface area contributed by atoms with Gasteiger partial charge in [0, 0.05) is 12.6 Å². The van der Waals surface area contributed by atoms with Gasteiger partial charge in [0.05, 0.1) is 12.6 Å². The summed E-state index contributed by atoms with van der Waals surface area (Å²) in [7, 11) is 0. The maximum atomic E-state index is 9.58. The van der Waals surface area contributed by atoms with Crippen LogP contribution in [-0.4, -0.2) is 42.9 Å². The van der Waals surface area contributed by atoms with Gasteiger partial charge in [0.1, 0.15) is 12.4 Å². The van der Waals surface area contributed by atoms with Crippen molar-refractivity contribution in [1.82, 2.24) is 10.6 Å². The predicted molar refractivity (Wildman–Crippen MR) is 109 cm³/mol. The molecule has 1 aliphatic rings. The van der Waals surface area contributed by atoms with E-state index in [2.05, 4.69) is 35.5 Å². The van der Waals surface area contributed by atoms with Crippen LogP contribution >= 0.6 is 24.0 Å². The molecule has 1 aromatic rings. The summed E-state index contributed by atoms with van der Waals surface area (Å²) < 4.78 is 5.72. The molecule has 0 heterocycles. The number of nitrogens with zero attached hydrogens (tertiary/aromatic N) is 1. The van der Waals surface area contributed by atoms with Crippen molar-refractivity contribution < 1.29 is 9.84 Å². The van der Waals surface area contributed by atoms with E-state index in [1.807, 2.05) is 18.2 Å². The van der Waals surface area contributed by atoms with Crippen LogP contribution in [0.3, 0.4) is 0 Å². The number of ether oxygens (including phenoxy) is 1. The Labute approximate surface area is 162 Å². The lowest BCUT2D eigenvalue weighted by Gasteiger charge is -2.27. The van der Waals surface area contributed by atoms with E-state index in [9.17, 15) is 5.11 Å². The van der Waals surface area contributed by atoms with Gasteiger partial charge in [0.25, 0.3) is 0 Å². The zero-order valence-corrected chi connectivity index (χ0v) is 17.0. The van der Waals surface area contributed by atoms with Crippen molar-refractivity contribution >= 4 is 29.9 Å². The standard InChI is InChI=1S/C18H29N3O2.HI/c1-3-19-18(21-15-7-9-16(22)10-8-15)20-11-12-23-17-6-4-5-14(2)13-17;/h4-6,13,15-16,22H,3,7-12H2,1-2H3,(H2,19,20,21);1H. The van der Waals surface area contributed by atoms with Gasteiger partial charge in [-0.2, -0.15) is 0 Å².